The van der Waals surface area contributed by atoms with Crippen molar-refractivity contribution >= 4 is 23.5 Å². The van der Waals surface area contributed by atoms with Crippen molar-refractivity contribution in [2.45, 2.75) is 77.0 Å². The van der Waals surface area contributed by atoms with Gasteiger partial charge in [0.15, 0.2) is 11.6 Å². The Morgan fingerprint density at radius 2 is 0.882 bits per heavy atom. The van der Waals surface area contributed by atoms with Crippen molar-refractivity contribution in [2.75, 3.05) is 23.9 Å². The summed E-state index contributed by atoms with van der Waals surface area (Å²) in [7, 11) is 3.72. The minimum atomic E-state index is -0.235. The van der Waals surface area contributed by atoms with Crippen LogP contribution in [0.4, 0.5) is 11.6 Å². The Labute approximate surface area is 202 Å². The maximum Gasteiger partial charge on any atom is 0.234 e. The average molecular weight is 463 g/mol. The molecule has 8 saturated carbocycles. The topological polar surface area (TPSA) is 66.4 Å². The molecule has 1 aromatic heterocycles. The lowest BCUT2D eigenvalue weighted by Gasteiger charge is -2.56. The number of hydrogen-bond donors (Lipinski definition) is 0. The van der Waals surface area contributed by atoms with E-state index in [0.717, 1.165) is 38.5 Å². The number of carbonyl (C=O) groups excluding carboxylic acids is 2. The van der Waals surface area contributed by atoms with Crippen LogP contribution in [-0.4, -0.2) is 35.9 Å². The Morgan fingerprint density at radius 1 is 0.618 bits per heavy atom. The molecule has 6 heteroatoms. The lowest BCUT2D eigenvalue weighted by molar-refractivity contribution is -0.143. The lowest BCUT2D eigenvalue weighted by atomic mass is 9.49. The van der Waals surface area contributed by atoms with Gasteiger partial charge in [-0.2, -0.15) is 0 Å². The predicted molar refractivity (Wildman–Crippen MR) is 130 cm³/mol. The number of nitrogens with zero attached hydrogens (tertiary/aromatic N) is 4. The normalized spacial score (nSPS) is 43.2. The molecule has 0 N–H and O–H groups in total. The summed E-state index contributed by atoms with van der Waals surface area (Å²) in [6.45, 7) is 0. The molecule has 0 saturated heterocycles. The van der Waals surface area contributed by atoms with Gasteiger partial charge in [-0.15, -0.1) is 0 Å². The molecule has 1 heterocycles. The van der Waals surface area contributed by atoms with Crippen molar-refractivity contribution in [2.24, 2.45) is 46.3 Å². The molecule has 8 bridgehead atoms. The third-order valence-corrected chi connectivity index (χ3v) is 10.9. The third kappa shape index (κ3) is 3.05. The molecule has 2 amide bonds. The van der Waals surface area contributed by atoms with Gasteiger partial charge in [0.05, 0.1) is 10.8 Å². The lowest BCUT2D eigenvalue weighted by Crippen LogP contribution is -2.55. The highest BCUT2D eigenvalue weighted by atomic mass is 16.2. The number of hydrogen-bond acceptors (Lipinski definition) is 4. The van der Waals surface area contributed by atoms with E-state index in [4.69, 9.17) is 0 Å². The summed E-state index contributed by atoms with van der Waals surface area (Å²) < 4.78 is 0. The molecule has 8 aliphatic rings. The van der Waals surface area contributed by atoms with Gasteiger partial charge < -0.3 is 0 Å². The van der Waals surface area contributed by atoms with Crippen molar-refractivity contribution in [1.29, 1.82) is 0 Å². The SMILES string of the molecule is CN(C(=O)C12CC3CC(CC(C3)C1)C2)c1nccnc1N(C)C(=O)C12CC3CC(CC(C3)C1)C2. The largest absolute Gasteiger partial charge is 0.296 e. The van der Waals surface area contributed by atoms with Crippen LogP contribution in [0.3, 0.4) is 0 Å². The van der Waals surface area contributed by atoms with Crippen molar-refractivity contribution in [3.05, 3.63) is 12.4 Å². The fraction of sp³-hybridized carbons (Fsp3) is 0.786. The fourth-order valence-corrected chi connectivity index (χ4v) is 10.4. The number of aromatic nitrogens is 2. The highest BCUT2D eigenvalue weighted by Gasteiger charge is 2.57. The molecule has 0 atom stereocenters. The average Bonchev–Trinajstić information content (AvgIpc) is 2.80. The molecule has 182 valence electrons. The van der Waals surface area contributed by atoms with Crippen molar-refractivity contribution in [1.82, 2.24) is 9.97 Å². The number of carbonyl (C=O) groups is 2. The first-order chi connectivity index (χ1) is 16.3. The molecule has 8 aliphatic carbocycles. The van der Waals surface area contributed by atoms with Crippen LogP contribution in [0.5, 0.6) is 0 Å². The highest BCUT2D eigenvalue weighted by Crippen LogP contribution is 2.62. The zero-order valence-corrected chi connectivity index (χ0v) is 20.7. The molecule has 8 fully saturated rings. The van der Waals surface area contributed by atoms with E-state index in [0.29, 0.717) is 47.1 Å². The van der Waals surface area contributed by atoms with E-state index in [1.165, 1.54) is 38.5 Å². The molecule has 6 nitrogen and oxygen atoms in total. The van der Waals surface area contributed by atoms with Gasteiger partial charge in [0.2, 0.25) is 11.8 Å². The Hall–Kier alpha value is -1.98. The second-order valence-corrected chi connectivity index (χ2v) is 13.3. The van der Waals surface area contributed by atoms with E-state index in [1.807, 2.05) is 14.1 Å². The Kier molecular flexibility index (Phi) is 4.56. The van der Waals surface area contributed by atoms with Crippen LogP contribution in [0.2, 0.25) is 0 Å². The van der Waals surface area contributed by atoms with Crippen LogP contribution >= 0.6 is 0 Å². The minimum Gasteiger partial charge on any atom is -0.296 e. The quantitative estimate of drug-likeness (QED) is 0.642. The van der Waals surface area contributed by atoms with Crippen LogP contribution in [0, 0.1) is 46.3 Å². The molecule has 1 aromatic rings. The second-order valence-electron chi connectivity index (χ2n) is 13.3. The zero-order valence-electron chi connectivity index (χ0n) is 20.7. The van der Waals surface area contributed by atoms with Gasteiger partial charge in [-0.25, -0.2) is 9.97 Å². The third-order valence-electron chi connectivity index (χ3n) is 10.9. The molecule has 0 unspecified atom stereocenters. The first-order valence-corrected chi connectivity index (χ1v) is 13.7. The number of amides is 2. The smallest absolute Gasteiger partial charge is 0.234 e. The molecular formula is C28H38N4O2. The summed E-state index contributed by atoms with van der Waals surface area (Å²) in [6, 6.07) is 0. The van der Waals surface area contributed by atoms with Gasteiger partial charge in [0, 0.05) is 26.5 Å². The first kappa shape index (κ1) is 21.3. The standard InChI is InChI=1S/C28H38N4O2/c1-31(25(33)27-11-17-5-18(12-27)7-19(6-17)13-27)23-24(30-4-3-29-23)32(2)26(34)28-14-20-8-21(15-28)10-22(9-20)16-28/h3-4,17-22H,5-16H2,1-2H3. The van der Waals surface area contributed by atoms with Crippen molar-refractivity contribution in [3.8, 4) is 0 Å². The van der Waals surface area contributed by atoms with Gasteiger partial charge in [-0.1, -0.05) is 0 Å². The van der Waals surface area contributed by atoms with Crippen molar-refractivity contribution in [3.63, 3.8) is 0 Å². The summed E-state index contributed by atoms with van der Waals surface area (Å²) in [5.41, 5.74) is -0.471. The van der Waals surface area contributed by atoms with E-state index in [-0.39, 0.29) is 22.6 Å². The van der Waals surface area contributed by atoms with E-state index in [1.54, 1.807) is 22.2 Å². The van der Waals surface area contributed by atoms with E-state index < -0.39 is 0 Å². The molecule has 9 rings (SSSR count). The van der Waals surface area contributed by atoms with Gasteiger partial charge in [-0.05, 0) is 113 Å². The van der Waals surface area contributed by atoms with Gasteiger partial charge in [0.1, 0.15) is 0 Å². The Balaban J connectivity index is 1.17. The minimum absolute atomic E-state index is 0.198. The van der Waals surface area contributed by atoms with E-state index in [9.17, 15) is 9.59 Å². The molecule has 0 aliphatic heterocycles. The monoisotopic (exact) mass is 462 g/mol. The molecule has 0 aromatic carbocycles. The summed E-state index contributed by atoms with van der Waals surface area (Å²) in [6.07, 6.45) is 17.4. The molecule has 0 spiro atoms. The van der Waals surface area contributed by atoms with Gasteiger partial charge in [-0.3, -0.25) is 19.4 Å². The Morgan fingerprint density at radius 3 is 1.15 bits per heavy atom. The molecule has 0 radical (unpaired) electrons. The van der Waals surface area contributed by atoms with Gasteiger partial charge >= 0.3 is 0 Å². The highest BCUT2D eigenvalue weighted by molar-refractivity contribution is 6.03. The molecule has 34 heavy (non-hydrogen) atoms. The zero-order chi connectivity index (χ0) is 23.2. The second kappa shape index (κ2) is 7.27. The van der Waals surface area contributed by atoms with Crippen LogP contribution in [0.15, 0.2) is 12.4 Å². The van der Waals surface area contributed by atoms with E-state index in [2.05, 4.69) is 9.97 Å². The van der Waals surface area contributed by atoms with Crippen LogP contribution in [0.25, 0.3) is 0 Å². The first-order valence-electron chi connectivity index (χ1n) is 13.7. The van der Waals surface area contributed by atoms with Crippen LogP contribution in [-0.2, 0) is 9.59 Å². The maximum atomic E-state index is 14.0. The Bertz CT molecular complexity index is 883. The maximum absolute atomic E-state index is 14.0. The number of anilines is 2. The van der Waals surface area contributed by atoms with Gasteiger partial charge in [0.25, 0.3) is 0 Å². The number of rotatable bonds is 4. The van der Waals surface area contributed by atoms with Crippen LogP contribution < -0.4 is 9.80 Å². The van der Waals surface area contributed by atoms with Crippen molar-refractivity contribution < 1.29 is 9.59 Å². The predicted octanol–water partition coefficient (Wildman–Crippen LogP) is 4.84. The fourth-order valence-electron chi connectivity index (χ4n) is 10.4. The summed E-state index contributed by atoms with van der Waals surface area (Å²) in [5.74, 6) is 5.77. The molecular weight excluding hydrogens is 424 g/mol. The summed E-state index contributed by atoms with van der Waals surface area (Å²) in [5, 5.41) is 0. The summed E-state index contributed by atoms with van der Waals surface area (Å²) in [4.78, 5) is 40.8. The van der Waals surface area contributed by atoms with E-state index >= 15 is 0 Å². The summed E-state index contributed by atoms with van der Waals surface area (Å²) >= 11 is 0. The van der Waals surface area contributed by atoms with Crippen LogP contribution in [0.1, 0.15) is 77.0 Å².